The van der Waals surface area contributed by atoms with Crippen LogP contribution in [-0.4, -0.2) is 21.2 Å². The van der Waals surface area contributed by atoms with Crippen molar-refractivity contribution in [2.75, 3.05) is 11.1 Å². The van der Waals surface area contributed by atoms with E-state index in [4.69, 9.17) is 0 Å². The number of nitrogens with one attached hydrogen (secondary N) is 1. The molecule has 0 aliphatic carbocycles. The zero-order valence-corrected chi connectivity index (χ0v) is 16.5. The Morgan fingerprint density at radius 3 is 2.59 bits per heavy atom. The number of anilines is 1. The Balaban J connectivity index is 1.79. The van der Waals surface area contributed by atoms with Gasteiger partial charge < -0.3 is 5.32 Å². The molecule has 0 spiro atoms. The minimum atomic E-state index is -4.49. The highest BCUT2D eigenvalue weighted by atomic mass is 32.2. The van der Waals surface area contributed by atoms with Gasteiger partial charge in [0.15, 0.2) is 5.16 Å². The maximum absolute atomic E-state index is 12.8. The number of rotatable bonds is 5. The van der Waals surface area contributed by atoms with Crippen LogP contribution < -0.4 is 10.9 Å². The number of halogens is 3. The summed E-state index contributed by atoms with van der Waals surface area (Å²) in [5.41, 5.74) is -0.465. The smallest absolute Gasteiger partial charge is 0.325 e. The Bertz CT molecular complexity index is 1110. The number of carbonyl (C=O) groups is 1. The number of para-hydroxylation sites is 1. The van der Waals surface area contributed by atoms with Gasteiger partial charge in [-0.15, -0.1) is 0 Å². The summed E-state index contributed by atoms with van der Waals surface area (Å²) in [6, 6.07) is 11.2. The Kier molecular flexibility index (Phi) is 5.97. The van der Waals surface area contributed by atoms with E-state index in [0.717, 1.165) is 23.9 Å². The first kappa shape index (κ1) is 20.9. The molecular formula is C20H18F3N3O2S. The van der Waals surface area contributed by atoms with Gasteiger partial charge in [0.25, 0.3) is 5.56 Å². The number of alkyl halides is 3. The van der Waals surface area contributed by atoms with Gasteiger partial charge in [0.1, 0.15) is 0 Å². The van der Waals surface area contributed by atoms with Crippen molar-refractivity contribution in [2.24, 2.45) is 0 Å². The molecule has 0 saturated carbocycles. The highest BCUT2D eigenvalue weighted by Crippen LogP contribution is 2.30. The van der Waals surface area contributed by atoms with E-state index in [1.165, 1.54) is 16.7 Å². The molecule has 1 heterocycles. The lowest BCUT2D eigenvalue weighted by Gasteiger charge is -2.16. The van der Waals surface area contributed by atoms with Gasteiger partial charge in [0.05, 0.1) is 22.2 Å². The lowest BCUT2D eigenvalue weighted by atomic mass is 10.2. The molecule has 0 radical (unpaired) electrons. The molecule has 2 aromatic carbocycles. The molecular weight excluding hydrogens is 403 g/mol. The molecule has 0 saturated heterocycles. The molecule has 0 bridgehead atoms. The highest BCUT2D eigenvalue weighted by molar-refractivity contribution is 7.99. The fourth-order valence-electron chi connectivity index (χ4n) is 2.78. The molecule has 9 heteroatoms. The van der Waals surface area contributed by atoms with Crippen molar-refractivity contribution in [3.8, 4) is 0 Å². The average molecular weight is 421 g/mol. The maximum Gasteiger partial charge on any atom is 0.416 e. The van der Waals surface area contributed by atoms with Crippen LogP contribution in [0.4, 0.5) is 18.9 Å². The van der Waals surface area contributed by atoms with Crippen molar-refractivity contribution in [1.29, 1.82) is 0 Å². The number of hydrogen-bond acceptors (Lipinski definition) is 4. The Hall–Kier alpha value is -2.81. The highest BCUT2D eigenvalue weighted by Gasteiger charge is 2.30. The minimum absolute atomic E-state index is 0.0538. The molecule has 3 aromatic rings. The first-order valence-corrected chi connectivity index (χ1v) is 9.76. The van der Waals surface area contributed by atoms with Crippen molar-refractivity contribution in [3.63, 3.8) is 0 Å². The second kappa shape index (κ2) is 8.28. The van der Waals surface area contributed by atoms with Crippen molar-refractivity contribution < 1.29 is 18.0 Å². The third kappa shape index (κ3) is 4.79. The first-order valence-electron chi connectivity index (χ1n) is 8.78. The summed E-state index contributed by atoms with van der Waals surface area (Å²) in [7, 11) is 0. The Labute approximate surface area is 169 Å². The van der Waals surface area contributed by atoms with Gasteiger partial charge in [0, 0.05) is 11.7 Å². The van der Waals surface area contributed by atoms with Crippen LogP contribution >= 0.6 is 11.8 Å². The quantitative estimate of drug-likeness (QED) is 0.478. The molecule has 0 aliphatic heterocycles. The Morgan fingerprint density at radius 2 is 1.90 bits per heavy atom. The molecule has 1 amide bonds. The summed E-state index contributed by atoms with van der Waals surface area (Å²) >= 11 is 1.06. The van der Waals surface area contributed by atoms with Gasteiger partial charge in [-0.1, -0.05) is 30.0 Å². The largest absolute Gasteiger partial charge is 0.416 e. The lowest BCUT2D eigenvalue weighted by molar-refractivity contribution is -0.137. The van der Waals surface area contributed by atoms with Crippen LogP contribution in [-0.2, 0) is 11.0 Å². The number of aromatic nitrogens is 2. The summed E-state index contributed by atoms with van der Waals surface area (Å²) in [6.07, 6.45) is -4.49. The van der Waals surface area contributed by atoms with Crippen molar-refractivity contribution in [1.82, 2.24) is 9.55 Å². The molecule has 152 valence electrons. The van der Waals surface area contributed by atoms with Gasteiger partial charge in [-0.25, -0.2) is 4.98 Å². The number of amides is 1. The third-order valence-corrected chi connectivity index (χ3v) is 5.05. The third-order valence-electron chi connectivity index (χ3n) is 4.10. The van der Waals surface area contributed by atoms with E-state index in [0.29, 0.717) is 16.1 Å². The van der Waals surface area contributed by atoms with Gasteiger partial charge in [-0.2, -0.15) is 13.2 Å². The van der Waals surface area contributed by atoms with Gasteiger partial charge >= 0.3 is 6.18 Å². The molecule has 1 N–H and O–H groups in total. The first-order chi connectivity index (χ1) is 13.7. The fraction of sp³-hybridized carbons (Fsp3) is 0.250. The van der Waals surface area contributed by atoms with Crippen LogP contribution in [0.5, 0.6) is 0 Å². The number of fused-ring (bicyclic) bond motifs is 1. The normalized spacial score (nSPS) is 11.8. The van der Waals surface area contributed by atoms with E-state index in [9.17, 15) is 22.8 Å². The predicted molar refractivity (Wildman–Crippen MR) is 107 cm³/mol. The molecule has 0 atom stereocenters. The van der Waals surface area contributed by atoms with E-state index in [-0.39, 0.29) is 23.0 Å². The van der Waals surface area contributed by atoms with Crippen molar-refractivity contribution in [3.05, 3.63) is 64.4 Å². The minimum Gasteiger partial charge on any atom is -0.325 e. The summed E-state index contributed by atoms with van der Waals surface area (Å²) in [5.74, 6) is -0.597. The second-order valence-corrected chi connectivity index (χ2v) is 7.54. The van der Waals surface area contributed by atoms with Crippen molar-refractivity contribution in [2.45, 2.75) is 31.2 Å². The van der Waals surface area contributed by atoms with Crippen LogP contribution in [0.3, 0.4) is 0 Å². The molecule has 0 unspecified atom stereocenters. The van der Waals surface area contributed by atoms with E-state index >= 15 is 0 Å². The predicted octanol–water partition coefficient (Wildman–Crippen LogP) is 4.73. The summed E-state index contributed by atoms with van der Waals surface area (Å²) in [4.78, 5) is 29.5. The van der Waals surface area contributed by atoms with E-state index in [2.05, 4.69) is 10.3 Å². The van der Waals surface area contributed by atoms with Crippen LogP contribution in [0, 0.1) is 0 Å². The SMILES string of the molecule is CC(C)n1c(SCC(=O)Nc2cccc(C(F)(F)F)c2)nc2ccccc2c1=O. The number of nitrogens with zero attached hydrogens (tertiary/aromatic N) is 2. The number of benzene rings is 2. The summed E-state index contributed by atoms with van der Waals surface area (Å²) < 4.78 is 39.9. The Morgan fingerprint density at radius 1 is 1.17 bits per heavy atom. The fourth-order valence-corrected chi connectivity index (χ4v) is 3.71. The molecule has 0 aliphatic rings. The lowest BCUT2D eigenvalue weighted by Crippen LogP contribution is -2.25. The zero-order valence-electron chi connectivity index (χ0n) is 15.7. The number of thioether (sulfide) groups is 1. The van der Waals surface area contributed by atoms with Gasteiger partial charge in [-0.3, -0.25) is 14.2 Å². The molecule has 1 aromatic heterocycles. The van der Waals surface area contributed by atoms with E-state index in [1.54, 1.807) is 24.3 Å². The monoisotopic (exact) mass is 421 g/mol. The molecule has 3 rings (SSSR count). The van der Waals surface area contributed by atoms with Crippen LogP contribution in [0.2, 0.25) is 0 Å². The summed E-state index contributed by atoms with van der Waals surface area (Å²) in [6.45, 7) is 3.68. The van der Waals surface area contributed by atoms with Crippen LogP contribution in [0.15, 0.2) is 58.5 Å². The number of carbonyl (C=O) groups excluding carboxylic acids is 1. The standard InChI is InChI=1S/C20H18F3N3O2S/c1-12(2)26-18(28)15-8-3-4-9-16(15)25-19(26)29-11-17(27)24-14-7-5-6-13(10-14)20(21,22)23/h3-10,12H,11H2,1-2H3,(H,24,27). The molecule has 5 nitrogen and oxygen atoms in total. The van der Waals surface area contributed by atoms with Crippen LogP contribution in [0.25, 0.3) is 10.9 Å². The van der Waals surface area contributed by atoms with Gasteiger partial charge in [-0.05, 0) is 44.2 Å². The summed E-state index contributed by atoms with van der Waals surface area (Å²) in [5, 5.41) is 3.31. The maximum atomic E-state index is 12.8. The molecule has 29 heavy (non-hydrogen) atoms. The zero-order chi connectivity index (χ0) is 21.2. The molecule has 0 fully saturated rings. The van der Waals surface area contributed by atoms with E-state index in [1.807, 2.05) is 13.8 Å². The van der Waals surface area contributed by atoms with Gasteiger partial charge in [0.2, 0.25) is 5.91 Å². The average Bonchev–Trinajstić information content (AvgIpc) is 2.65. The second-order valence-electron chi connectivity index (χ2n) is 6.60. The topological polar surface area (TPSA) is 64.0 Å². The van der Waals surface area contributed by atoms with Crippen molar-refractivity contribution >= 4 is 34.3 Å². The van der Waals surface area contributed by atoms with E-state index < -0.39 is 17.6 Å². The van der Waals surface area contributed by atoms with Crippen LogP contribution in [0.1, 0.15) is 25.5 Å². The number of hydrogen-bond donors (Lipinski definition) is 1.